The molecule has 0 heterocycles. The number of hydrogen-bond acceptors (Lipinski definition) is 6. The Bertz CT molecular complexity index is 583. The fraction of sp³-hybridized carbons (Fsp3) is 0.455. The van der Waals surface area contributed by atoms with E-state index in [2.05, 4.69) is 0 Å². The first-order valence-corrected chi connectivity index (χ1v) is 4.56. The molecule has 4 atom stereocenters. The highest BCUT2D eigenvalue weighted by atomic mass is 19.2. The summed E-state index contributed by atoms with van der Waals surface area (Å²) in [7, 11) is 0. The summed E-state index contributed by atoms with van der Waals surface area (Å²) in [5.74, 6) is -5.91. The highest BCUT2D eigenvalue weighted by molar-refractivity contribution is 6.20. The maximum atomic E-state index is 14.0. The Kier molecular flexibility index (Phi) is 3.90. The Balaban J connectivity index is 0.00000400. The molecular formula is C11H4F4N4O2. The van der Waals surface area contributed by atoms with Crippen LogP contribution in [0.3, 0.4) is 0 Å². The number of alkyl halides is 4. The zero-order chi connectivity index (χ0) is 16.0. The van der Waals surface area contributed by atoms with Gasteiger partial charge in [-0.2, -0.15) is 21.0 Å². The molecule has 108 valence electrons. The zero-order valence-corrected chi connectivity index (χ0v) is 9.12. The van der Waals surface area contributed by atoms with Crippen molar-refractivity contribution in [1.82, 2.24) is 0 Å². The lowest BCUT2D eigenvalue weighted by molar-refractivity contribution is -0.174. The minimum atomic E-state index is -4.75. The summed E-state index contributed by atoms with van der Waals surface area (Å²) in [6, 6.07) is 1.01. The molecule has 1 rings (SSSR count). The van der Waals surface area contributed by atoms with Gasteiger partial charge >= 0.3 is 22.7 Å². The van der Waals surface area contributed by atoms with E-state index in [9.17, 15) is 27.2 Å². The second kappa shape index (κ2) is 4.54. The molecule has 0 radical (unpaired) electrons. The van der Waals surface area contributed by atoms with Crippen LogP contribution in [0.2, 0.25) is 0 Å². The first-order chi connectivity index (χ1) is 9.05. The van der Waals surface area contributed by atoms with E-state index in [0.29, 0.717) is 0 Å². The Hall–Kier alpha value is -2.98. The largest absolute Gasteiger partial charge is 0.312 e. The van der Waals surface area contributed by atoms with E-state index in [4.69, 9.17) is 21.0 Å². The average Bonchev–Trinajstić information content (AvgIpc) is 2.48. The number of Topliss-reactive ketones (excluding diaryl/α,β-unsaturated/α-hetero) is 2. The van der Waals surface area contributed by atoms with Gasteiger partial charge in [0.25, 0.3) is 0 Å². The number of nitriles is 4. The van der Waals surface area contributed by atoms with Gasteiger partial charge in [0.2, 0.25) is 11.6 Å². The second-order valence-electron chi connectivity index (χ2n) is 3.74. The molecule has 0 saturated heterocycles. The summed E-state index contributed by atoms with van der Waals surface area (Å²) >= 11 is 0. The van der Waals surface area contributed by atoms with E-state index in [1.165, 1.54) is 0 Å². The molecule has 21 heavy (non-hydrogen) atoms. The average molecular weight is 300 g/mol. The van der Waals surface area contributed by atoms with Gasteiger partial charge in [-0.1, -0.05) is 7.43 Å². The van der Waals surface area contributed by atoms with Crippen molar-refractivity contribution >= 4 is 11.6 Å². The van der Waals surface area contributed by atoms with E-state index in [-0.39, 0.29) is 31.7 Å². The monoisotopic (exact) mass is 300 g/mol. The van der Waals surface area contributed by atoms with Crippen molar-refractivity contribution in [1.29, 1.82) is 21.0 Å². The molecule has 4 unspecified atom stereocenters. The van der Waals surface area contributed by atoms with Crippen molar-refractivity contribution < 1.29 is 27.2 Å². The third-order valence-electron chi connectivity index (χ3n) is 2.82. The molecule has 6 nitrogen and oxygen atoms in total. The molecule has 0 spiro atoms. The third kappa shape index (κ3) is 1.48. The number of carbonyl (C=O) groups is 2. The minimum absolute atomic E-state index is 0. The molecule has 1 fully saturated rings. The second-order valence-corrected chi connectivity index (χ2v) is 3.74. The fourth-order valence-corrected chi connectivity index (χ4v) is 1.61. The normalized spacial score (nSPS) is 41.7. The van der Waals surface area contributed by atoms with E-state index >= 15 is 0 Å². The maximum Gasteiger partial charge on any atom is 0.312 e. The Labute approximate surface area is 115 Å². The van der Waals surface area contributed by atoms with Crippen LogP contribution in [0, 0.1) is 45.3 Å². The number of rotatable bonds is 0. The topological polar surface area (TPSA) is 129 Å². The maximum absolute atomic E-state index is 14.0. The van der Waals surface area contributed by atoms with Gasteiger partial charge in [0.1, 0.15) is 24.3 Å². The smallest absolute Gasteiger partial charge is 0.289 e. The van der Waals surface area contributed by atoms with Crippen molar-refractivity contribution in [2.24, 2.45) is 0 Å². The Morgan fingerprint density at radius 3 is 0.857 bits per heavy atom. The van der Waals surface area contributed by atoms with Crippen LogP contribution < -0.4 is 0 Å². The molecule has 10 heteroatoms. The standard InChI is InChI=1S/C10F4N4O2.CH4/c11-7(1-15)5(19)9(13,3-17)10(14,4-18)6(20)8(7,12)2-16;/h;1H4. The van der Waals surface area contributed by atoms with Crippen LogP contribution in [0.15, 0.2) is 0 Å². The SMILES string of the molecule is C.N#CC1(F)C(=O)C(F)(C#N)C(F)(C#N)C(=O)C1(F)C#N. The molecule has 1 aliphatic carbocycles. The number of hydrogen-bond donors (Lipinski definition) is 0. The van der Waals surface area contributed by atoms with Crippen LogP contribution in [0.5, 0.6) is 0 Å². The molecule has 1 aliphatic rings. The van der Waals surface area contributed by atoms with E-state index in [1.807, 2.05) is 0 Å². The fourth-order valence-electron chi connectivity index (χ4n) is 1.61. The Morgan fingerprint density at radius 2 is 0.762 bits per heavy atom. The van der Waals surface area contributed by atoms with Gasteiger partial charge in [-0.25, -0.2) is 17.6 Å². The van der Waals surface area contributed by atoms with Gasteiger partial charge < -0.3 is 0 Å². The van der Waals surface area contributed by atoms with Crippen LogP contribution in [-0.4, -0.2) is 34.2 Å². The van der Waals surface area contributed by atoms with Gasteiger partial charge in [0.05, 0.1) is 0 Å². The van der Waals surface area contributed by atoms with Crippen LogP contribution >= 0.6 is 0 Å². The van der Waals surface area contributed by atoms with Crippen LogP contribution in [0.1, 0.15) is 7.43 Å². The summed E-state index contributed by atoms with van der Waals surface area (Å²) < 4.78 is 55.8. The molecule has 1 saturated carbocycles. The summed E-state index contributed by atoms with van der Waals surface area (Å²) in [4.78, 5) is 22.8. The van der Waals surface area contributed by atoms with Crippen LogP contribution in [-0.2, 0) is 9.59 Å². The van der Waals surface area contributed by atoms with Gasteiger partial charge in [0.15, 0.2) is 0 Å². The Morgan fingerprint density at radius 1 is 0.619 bits per heavy atom. The lowest BCUT2D eigenvalue weighted by Gasteiger charge is -2.40. The van der Waals surface area contributed by atoms with Gasteiger partial charge in [0, 0.05) is 0 Å². The zero-order valence-electron chi connectivity index (χ0n) is 9.12. The molecule has 0 N–H and O–H groups in total. The van der Waals surface area contributed by atoms with Gasteiger partial charge in [-0.15, -0.1) is 0 Å². The summed E-state index contributed by atoms with van der Waals surface area (Å²) in [6.45, 7) is 0. The third-order valence-corrected chi connectivity index (χ3v) is 2.82. The number of ketones is 2. The number of carbonyl (C=O) groups excluding carboxylic acids is 2. The van der Waals surface area contributed by atoms with Crippen molar-refractivity contribution in [3.63, 3.8) is 0 Å². The lowest BCUT2D eigenvalue weighted by atomic mass is 9.61. The summed E-state index contributed by atoms with van der Waals surface area (Å²) in [6.07, 6.45) is 0. The molecule has 0 aromatic carbocycles. The van der Waals surface area contributed by atoms with E-state index in [0.717, 1.165) is 0 Å². The molecule has 0 bridgehead atoms. The molecule has 0 amide bonds. The van der Waals surface area contributed by atoms with Crippen LogP contribution in [0.25, 0.3) is 0 Å². The summed E-state index contributed by atoms with van der Waals surface area (Å²) in [5, 5.41) is 33.6. The van der Waals surface area contributed by atoms with Crippen molar-refractivity contribution in [2.75, 3.05) is 0 Å². The quantitative estimate of drug-likeness (QED) is 0.605. The first kappa shape index (κ1) is 18.0. The van der Waals surface area contributed by atoms with Crippen molar-refractivity contribution in [2.45, 2.75) is 30.1 Å². The van der Waals surface area contributed by atoms with Crippen molar-refractivity contribution in [3.8, 4) is 24.3 Å². The first-order valence-electron chi connectivity index (χ1n) is 4.56. The summed E-state index contributed by atoms with van der Waals surface area (Å²) in [5.41, 5.74) is -19.0. The van der Waals surface area contributed by atoms with Gasteiger partial charge in [-0.3, -0.25) is 9.59 Å². The van der Waals surface area contributed by atoms with E-state index < -0.39 is 34.2 Å². The minimum Gasteiger partial charge on any atom is -0.289 e. The lowest BCUT2D eigenvalue weighted by Crippen LogP contribution is -2.77. The highest BCUT2D eigenvalue weighted by Crippen LogP contribution is 2.49. The number of nitrogens with zero attached hydrogens (tertiary/aromatic N) is 4. The predicted octanol–water partition coefficient (Wildman–Crippen LogP) is 0.702. The molecule has 0 aromatic heterocycles. The predicted molar refractivity (Wildman–Crippen MR) is 54.6 cm³/mol. The highest BCUT2D eigenvalue weighted by Gasteiger charge is 2.85. The molecule has 0 aromatic rings. The molecular weight excluding hydrogens is 296 g/mol. The van der Waals surface area contributed by atoms with E-state index in [1.54, 1.807) is 0 Å². The number of halogens is 4. The van der Waals surface area contributed by atoms with Crippen LogP contribution in [0.4, 0.5) is 17.6 Å². The molecule has 0 aliphatic heterocycles. The van der Waals surface area contributed by atoms with Gasteiger partial charge in [-0.05, 0) is 0 Å². The van der Waals surface area contributed by atoms with Crippen molar-refractivity contribution in [3.05, 3.63) is 0 Å².